The Bertz CT molecular complexity index is 1120. The minimum atomic E-state index is 1.01. The van der Waals surface area contributed by atoms with Crippen molar-refractivity contribution in [2.24, 2.45) is 7.05 Å². The van der Waals surface area contributed by atoms with Crippen molar-refractivity contribution >= 4 is 12.2 Å². The van der Waals surface area contributed by atoms with E-state index in [9.17, 15) is 0 Å². The lowest BCUT2D eigenvalue weighted by molar-refractivity contribution is 0.622. The molecule has 1 aliphatic rings. The summed E-state index contributed by atoms with van der Waals surface area (Å²) < 4.78 is 2.14. The molecule has 3 nitrogen and oxygen atoms in total. The van der Waals surface area contributed by atoms with Gasteiger partial charge in [0, 0.05) is 37.3 Å². The first-order valence-corrected chi connectivity index (χ1v) is 10.3. The molecule has 1 aromatic carbocycles. The van der Waals surface area contributed by atoms with E-state index in [-0.39, 0.29) is 0 Å². The third-order valence-electron chi connectivity index (χ3n) is 4.00. The highest BCUT2D eigenvalue weighted by molar-refractivity contribution is 5.66. The number of hydrogen-bond donors (Lipinski definition) is 0. The van der Waals surface area contributed by atoms with Crippen LogP contribution in [0.4, 0.5) is 0 Å². The molecule has 30 heavy (non-hydrogen) atoms. The van der Waals surface area contributed by atoms with Crippen LogP contribution in [0.25, 0.3) is 12.2 Å². The second kappa shape index (κ2) is 14.6. The standard InChI is InChI=1S/C18H19N3.C5H4.2C2H6/c1-13-5-7-15(8-6-13)17-18(21(4)14(2)19-17)16-9-11-20(3)12-10-16;1-3-5-4-2;2*1-2/h5-12H,1H2,2-4H3;1H,2H3;2*1-2H3. The number of rotatable bonds is 0. The van der Waals surface area contributed by atoms with Gasteiger partial charge < -0.3 is 9.47 Å². The monoisotopic (exact) mass is 401 g/mol. The molecule has 0 fully saturated rings. The Labute approximate surface area is 182 Å². The number of imidazole rings is 1. The van der Waals surface area contributed by atoms with Gasteiger partial charge in [-0.3, -0.25) is 0 Å². The quantitative estimate of drug-likeness (QED) is 0.616. The molecule has 0 radical (unpaired) electrons. The van der Waals surface area contributed by atoms with Gasteiger partial charge in [-0.25, -0.2) is 4.98 Å². The lowest BCUT2D eigenvalue weighted by Gasteiger charge is -2.11. The van der Waals surface area contributed by atoms with E-state index in [1.165, 1.54) is 5.57 Å². The number of benzene rings is 1. The Kier molecular flexibility index (Phi) is 12.9. The van der Waals surface area contributed by atoms with Crippen molar-refractivity contribution in [3.05, 3.63) is 75.8 Å². The van der Waals surface area contributed by atoms with Gasteiger partial charge >= 0.3 is 0 Å². The fourth-order valence-corrected chi connectivity index (χ4v) is 2.54. The highest BCUT2D eigenvalue weighted by Crippen LogP contribution is 2.08. The molecule has 0 saturated heterocycles. The molecule has 0 atom stereocenters. The molecule has 0 bridgehead atoms. The molecule has 2 heterocycles. The molecule has 3 heteroatoms. The van der Waals surface area contributed by atoms with Crippen molar-refractivity contribution in [1.82, 2.24) is 14.5 Å². The summed E-state index contributed by atoms with van der Waals surface area (Å²) in [4.78, 5) is 6.78. The lowest BCUT2D eigenvalue weighted by Crippen LogP contribution is -2.19. The Hall–Kier alpha value is -3.43. The summed E-state index contributed by atoms with van der Waals surface area (Å²) in [5, 5.41) is 4.29. The first kappa shape index (κ1) is 26.6. The number of aromatic nitrogens is 2. The van der Waals surface area contributed by atoms with Gasteiger partial charge in [-0.1, -0.05) is 64.5 Å². The minimum absolute atomic E-state index is 1.01. The fraction of sp³-hybridized carbons (Fsp3) is 0.296. The molecular weight excluding hydrogens is 366 g/mol. The van der Waals surface area contributed by atoms with Gasteiger partial charge in [0.2, 0.25) is 0 Å². The largest absolute Gasteiger partial charge is 0.357 e. The second-order valence-corrected chi connectivity index (χ2v) is 5.88. The summed E-state index contributed by atoms with van der Waals surface area (Å²) in [6.07, 6.45) is 13.1. The van der Waals surface area contributed by atoms with Crippen LogP contribution in [-0.4, -0.2) is 21.5 Å². The third-order valence-corrected chi connectivity index (χ3v) is 4.00. The van der Waals surface area contributed by atoms with Gasteiger partial charge in [0.05, 0.1) is 10.7 Å². The maximum Gasteiger partial charge on any atom is 0.106 e. The molecule has 0 saturated carbocycles. The van der Waals surface area contributed by atoms with Gasteiger partial charge in [0.15, 0.2) is 0 Å². The Morgan fingerprint density at radius 3 is 1.93 bits per heavy atom. The maximum absolute atomic E-state index is 4.74. The second-order valence-electron chi connectivity index (χ2n) is 5.88. The van der Waals surface area contributed by atoms with Gasteiger partial charge in [0.25, 0.3) is 0 Å². The van der Waals surface area contributed by atoms with E-state index < -0.39 is 0 Å². The zero-order valence-corrected chi connectivity index (χ0v) is 19.7. The van der Waals surface area contributed by atoms with Crippen molar-refractivity contribution < 1.29 is 0 Å². The average molecular weight is 402 g/mol. The maximum atomic E-state index is 4.74. The van der Waals surface area contributed by atoms with Crippen LogP contribution in [0.5, 0.6) is 0 Å². The molecular formula is C27H35N3. The summed E-state index contributed by atoms with van der Waals surface area (Å²) in [6.45, 7) is 15.7. The van der Waals surface area contributed by atoms with E-state index in [1.807, 2.05) is 58.7 Å². The number of hydrogen-bond acceptors (Lipinski definition) is 2. The normalized spacial score (nSPS) is 10.8. The van der Waals surface area contributed by atoms with Crippen LogP contribution < -0.4 is 10.6 Å². The van der Waals surface area contributed by atoms with Crippen LogP contribution in [0.15, 0.2) is 48.8 Å². The van der Waals surface area contributed by atoms with E-state index in [0.29, 0.717) is 0 Å². The van der Waals surface area contributed by atoms with Gasteiger partial charge in [-0.15, -0.1) is 6.42 Å². The van der Waals surface area contributed by atoms with E-state index in [2.05, 4.69) is 72.6 Å². The molecule has 0 aliphatic carbocycles. The summed E-state index contributed by atoms with van der Waals surface area (Å²) in [5.41, 5.74) is 1.17. The van der Waals surface area contributed by atoms with Gasteiger partial charge in [-0.05, 0) is 43.1 Å². The molecule has 0 N–H and O–H groups in total. The molecule has 2 aromatic rings. The number of aryl methyl sites for hydroxylation is 1. The zero-order valence-electron chi connectivity index (χ0n) is 19.7. The SMILES string of the molecule is C#CC#CC.C=c1ccc(=c2nc(C)n(C)c2=C2C=CN(C)C=C2)cc1.CC.CC. The van der Waals surface area contributed by atoms with Crippen molar-refractivity contribution in [1.29, 1.82) is 0 Å². The summed E-state index contributed by atoms with van der Waals surface area (Å²) >= 11 is 0. The summed E-state index contributed by atoms with van der Waals surface area (Å²) in [5.74, 6) is 8.08. The topological polar surface area (TPSA) is 21.1 Å². The van der Waals surface area contributed by atoms with Crippen molar-refractivity contribution in [3.63, 3.8) is 0 Å². The molecule has 0 unspecified atom stereocenters. The fourth-order valence-electron chi connectivity index (χ4n) is 2.54. The number of terminal acetylenes is 1. The highest BCUT2D eigenvalue weighted by Gasteiger charge is 2.05. The first-order valence-electron chi connectivity index (χ1n) is 10.3. The Morgan fingerprint density at radius 2 is 1.50 bits per heavy atom. The number of nitrogens with zero attached hydrogens (tertiary/aromatic N) is 3. The van der Waals surface area contributed by atoms with E-state index in [4.69, 9.17) is 11.4 Å². The van der Waals surface area contributed by atoms with Gasteiger partial charge in [0.1, 0.15) is 5.82 Å². The van der Waals surface area contributed by atoms with Crippen molar-refractivity contribution in [2.45, 2.75) is 41.5 Å². The molecule has 3 rings (SSSR count). The van der Waals surface area contributed by atoms with E-state index >= 15 is 0 Å². The van der Waals surface area contributed by atoms with E-state index in [0.717, 1.165) is 27.0 Å². The van der Waals surface area contributed by atoms with Crippen LogP contribution in [0.1, 0.15) is 40.4 Å². The molecule has 1 aliphatic heterocycles. The number of allylic oxidation sites excluding steroid dienone is 2. The Balaban J connectivity index is 0.000000808. The van der Waals surface area contributed by atoms with Crippen LogP contribution in [0.2, 0.25) is 0 Å². The van der Waals surface area contributed by atoms with Crippen molar-refractivity contribution in [2.75, 3.05) is 7.05 Å². The minimum Gasteiger partial charge on any atom is -0.357 e. The van der Waals surface area contributed by atoms with Gasteiger partial charge in [-0.2, -0.15) is 0 Å². The third kappa shape index (κ3) is 7.53. The van der Waals surface area contributed by atoms with Crippen LogP contribution in [-0.2, 0) is 7.05 Å². The predicted molar refractivity (Wildman–Crippen MR) is 131 cm³/mol. The molecule has 1 aromatic heterocycles. The summed E-state index contributed by atoms with van der Waals surface area (Å²) in [7, 11) is 4.08. The predicted octanol–water partition coefficient (Wildman–Crippen LogP) is 4.24. The average Bonchev–Trinajstić information content (AvgIpc) is 3.08. The van der Waals surface area contributed by atoms with Crippen LogP contribution >= 0.6 is 0 Å². The molecule has 158 valence electrons. The van der Waals surface area contributed by atoms with Crippen LogP contribution in [0.3, 0.4) is 0 Å². The first-order chi connectivity index (χ1) is 14.5. The Morgan fingerprint density at radius 1 is 0.967 bits per heavy atom. The highest BCUT2D eigenvalue weighted by atomic mass is 15.1. The molecule has 0 spiro atoms. The van der Waals surface area contributed by atoms with Crippen LogP contribution in [0, 0.1) is 41.7 Å². The summed E-state index contributed by atoms with van der Waals surface area (Å²) in [6, 6.07) is 8.20. The van der Waals surface area contributed by atoms with Crippen molar-refractivity contribution in [3.8, 4) is 24.2 Å². The lowest BCUT2D eigenvalue weighted by atomic mass is 10.2. The van der Waals surface area contributed by atoms with E-state index in [1.54, 1.807) is 6.92 Å². The smallest absolute Gasteiger partial charge is 0.106 e. The molecule has 0 amide bonds. The zero-order chi connectivity index (χ0) is 23.1.